The Labute approximate surface area is 260 Å². The third-order valence-corrected chi connectivity index (χ3v) is 8.62. The van der Waals surface area contributed by atoms with Crippen LogP contribution in [-0.4, -0.2) is 59.1 Å². The van der Waals surface area contributed by atoms with Gasteiger partial charge in [-0.15, -0.1) is 0 Å². The van der Waals surface area contributed by atoms with Crippen LogP contribution < -0.4 is 16.0 Å². The van der Waals surface area contributed by atoms with Crippen LogP contribution in [0.4, 0.5) is 31.0 Å². The van der Waals surface area contributed by atoms with Gasteiger partial charge in [-0.1, -0.05) is 29.6 Å². The predicted octanol–water partition coefficient (Wildman–Crippen LogP) is 5.99. The summed E-state index contributed by atoms with van der Waals surface area (Å²) in [5, 5.41) is 7.96. The molecule has 12 nitrogen and oxygen atoms in total. The van der Waals surface area contributed by atoms with Gasteiger partial charge < -0.3 is 24.7 Å². The molecule has 44 heavy (non-hydrogen) atoms. The number of halogens is 3. The number of aromatic amines is 1. The number of imidazole rings is 1. The Hall–Kier alpha value is -4.36. The van der Waals surface area contributed by atoms with Crippen LogP contribution in [0.1, 0.15) is 49.4 Å². The summed E-state index contributed by atoms with van der Waals surface area (Å²) in [6, 6.07) is 7.67. The van der Waals surface area contributed by atoms with E-state index in [2.05, 4.69) is 25.7 Å². The van der Waals surface area contributed by atoms with Crippen LogP contribution in [-0.2, 0) is 24.7 Å². The summed E-state index contributed by atoms with van der Waals surface area (Å²) in [5.41, 5.74) is 0.449. The van der Waals surface area contributed by atoms with E-state index in [1.807, 2.05) is 0 Å². The lowest BCUT2D eigenvalue weighted by Gasteiger charge is -2.36. The fourth-order valence-corrected chi connectivity index (χ4v) is 6.38. The molecule has 1 spiro atoms. The molecule has 0 saturated carbocycles. The predicted molar refractivity (Wildman–Crippen MR) is 159 cm³/mol. The van der Waals surface area contributed by atoms with E-state index in [1.165, 1.54) is 24.1 Å². The van der Waals surface area contributed by atoms with Gasteiger partial charge in [0.25, 0.3) is 0 Å². The van der Waals surface area contributed by atoms with Crippen molar-refractivity contribution in [1.82, 2.24) is 14.9 Å². The fourth-order valence-electron chi connectivity index (χ4n) is 5.98. The van der Waals surface area contributed by atoms with E-state index in [4.69, 9.17) is 32.9 Å². The normalized spacial score (nSPS) is 21.2. The molecular weight excluding hydrogens is 618 g/mol. The van der Waals surface area contributed by atoms with E-state index in [1.54, 1.807) is 18.2 Å². The number of rotatable bonds is 2. The highest BCUT2D eigenvalue weighted by Crippen LogP contribution is 2.46. The Morgan fingerprint density at radius 2 is 1.98 bits per heavy atom. The van der Waals surface area contributed by atoms with Gasteiger partial charge in [0.15, 0.2) is 11.4 Å². The molecule has 15 heteroatoms. The number of likely N-dealkylation sites (tertiary alicyclic amines) is 1. The quantitative estimate of drug-likeness (QED) is 0.267. The summed E-state index contributed by atoms with van der Waals surface area (Å²) in [6.07, 6.45) is 0.283. The fraction of sp³-hybridized carbons (Fsp3) is 0.345. The molecule has 1 unspecified atom stereocenters. The van der Waals surface area contributed by atoms with E-state index in [0.717, 1.165) is 0 Å². The minimum Gasteiger partial charge on any atom is -0.453 e. The van der Waals surface area contributed by atoms with E-state index >= 15 is 4.39 Å². The van der Waals surface area contributed by atoms with Crippen molar-refractivity contribution in [1.29, 1.82) is 0 Å². The lowest BCUT2D eigenvalue weighted by Crippen LogP contribution is -2.44. The molecular formula is C29H27Cl2FN6O6. The number of nitrogens with one attached hydrogen (secondary N) is 4. The summed E-state index contributed by atoms with van der Waals surface area (Å²) in [6.45, 7) is 0.110. The van der Waals surface area contributed by atoms with Crippen molar-refractivity contribution in [3.63, 3.8) is 0 Å². The number of hydrogen-bond donors (Lipinski definition) is 4. The third kappa shape index (κ3) is 5.41. The van der Waals surface area contributed by atoms with Crippen LogP contribution in [0, 0.1) is 5.82 Å². The van der Waals surface area contributed by atoms with Crippen molar-refractivity contribution in [2.45, 2.75) is 43.6 Å². The van der Waals surface area contributed by atoms with E-state index in [9.17, 15) is 19.2 Å². The second-order valence-electron chi connectivity index (χ2n) is 10.8. The van der Waals surface area contributed by atoms with Crippen molar-refractivity contribution < 1.29 is 33.0 Å². The van der Waals surface area contributed by atoms with E-state index in [-0.39, 0.29) is 59.2 Å². The molecule has 3 aliphatic heterocycles. The first kappa shape index (κ1) is 29.7. The molecule has 1 fully saturated rings. The van der Waals surface area contributed by atoms with Crippen LogP contribution in [0.15, 0.2) is 30.3 Å². The van der Waals surface area contributed by atoms with Crippen LogP contribution in [0.5, 0.6) is 0 Å². The highest BCUT2D eigenvalue weighted by Gasteiger charge is 2.51. The number of hydrogen-bond acceptors (Lipinski definition) is 7. The molecule has 0 aliphatic carbocycles. The topological polar surface area (TPSA) is 155 Å². The number of ether oxygens (including phenoxy) is 2. The van der Waals surface area contributed by atoms with Gasteiger partial charge in [0.05, 0.1) is 41.5 Å². The molecule has 2 bridgehead atoms. The van der Waals surface area contributed by atoms with E-state index < -0.39 is 29.5 Å². The molecule has 1 saturated heterocycles. The van der Waals surface area contributed by atoms with Crippen LogP contribution in [0.3, 0.4) is 0 Å². The number of H-pyrrole nitrogens is 1. The summed E-state index contributed by atoms with van der Waals surface area (Å²) in [4.78, 5) is 60.4. The molecule has 2 atom stereocenters. The van der Waals surface area contributed by atoms with Crippen molar-refractivity contribution in [2.24, 2.45) is 0 Å². The highest BCUT2D eigenvalue weighted by molar-refractivity contribution is 6.32. The molecule has 230 valence electrons. The number of carbonyl (C=O) groups excluding carboxylic acids is 4. The number of amides is 4. The molecule has 3 aromatic rings. The SMILES string of the molecule is COC(=O)Nc1ccc2c(c1)NC(=O)CCCCC(C(=O)N1CC[C@@]3(C1)OC(=O)Nc1ccc(Cl)c(F)c13)c1nc-2c(Cl)[nH]1. The Kier molecular flexibility index (Phi) is 7.84. The molecule has 6 rings (SSSR count). The van der Waals surface area contributed by atoms with Crippen LogP contribution in [0.25, 0.3) is 11.3 Å². The number of nitrogens with zero attached hydrogens (tertiary/aromatic N) is 2. The zero-order chi connectivity index (χ0) is 31.2. The van der Waals surface area contributed by atoms with Crippen molar-refractivity contribution in [2.75, 3.05) is 36.1 Å². The van der Waals surface area contributed by atoms with Gasteiger partial charge in [0, 0.05) is 30.6 Å². The lowest BCUT2D eigenvalue weighted by molar-refractivity contribution is -0.133. The highest BCUT2D eigenvalue weighted by atomic mass is 35.5. The smallest absolute Gasteiger partial charge is 0.412 e. The first-order chi connectivity index (χ1) is 21.1. The number of benzene rings is 2. The lowest BCUT2D eigenvalue weighted by atomic mass is 9.89. The first-order valence-corrected chi connectivity index (χ1v) is 14.7. The Morgan fingerprint density at radius 1 is 1.16 bits per heavy atom. The number of carbonyl (C=O) groups is 4. The van der Waals surface area contributed by atoms with Gasteiger partial charge in [0.2, 0.25) is 11.8 Å². The molecule has 3 aliphatic rings. The van der Waals surface area contributed by atoms with Crippen molar-refractivity contribution >= 4 is 64.3 Å². The summed E-state index contributed by atoms with van der Waals surface area (Å²) in [5.74, 6) is -1.73. The number of aromatic nitrogens is 2. The van der Waals surface area contributed by atoms with Gasteiger partial charge in [-0.05, 0) is 43.2 Å². The van der Waals surface area contributed by atoms with Crippen molar-refractivity contribution in [3.05, 3.63) is 57.7 Å². The average molecular weight is 645 g/mol. The molecule has 1 aromatic heterocycles. The van der Waals surface area contributed by atoms with Gasteiger partial charge >= 0.3 is 12.2 Å². The zero-order valence-electron chi connectivity index (χ0n) is 23.4. The van der Waals surface area contributed by atoms with Crippen molar-refractivity contribution in [3.8, 4) is 11.3 Å². The number of anilines is 3. The molecule has 4 amide bonds. The standard InChI is InChI=1S/C29H27Cl2FN6O6/c1-43-27(41)33-14-6-7-15-19(12-14)34-20(39)5-3-2-4-16(25-36-23(15)24(31)37-25)26(40)38-11-10-29(13-38)21-18(35-28(42)44-29)9-8-17(30)22(21)32/h6-9,12,16H,2-5,10-11,13H2,1H3,(H,33,41)(H,34,39)(H,35,42)(H,36,37)/t16?,29-/m0/s1. The van der Waals surface area contributed by atoms with Crippen LogP contribution >= 0.6 is 23.2 Å². The van der Waals surface area contributed by atoms with Gasteiger partial charge in [-0.25, -0.2) is 19.0 Å². The minimum absolute atomic E-state index is 0.0808. The summed E-state index contributed by atoms with van der Waals surface area (Å²) < 4.78 is 25.6. The Balaban J connectivity index is 1.33. The van der Waals surface area contributed by atoms with E-state index in [0.29, 0.717) is 47.7 Å². The van der Waals surface area contributed by atoms with Crippen LogP contribution in [0.2, 0.25) is 10.2 Å². The molecule has 2 aromatic carbocycles. The second-order valence-corrected chi connectivity index (χ2v) is 11.6. The number of methoxy groups -OCH3 is 1. The minimum atomic E-state index is -1.41. The zero-order valence-corrected chi connectivity index (χ0v) is 24.9. The molecule has 0 radical (unpaired) electrons. The second kappa shape index (κ2) is 11.6. The largest absolute Gasteiger partial charge is 0.453 e. The molecule has 4 heterocycles. The van der Waals surface area contributed by atoms with Gasteiger partial charge in [-0.3, -0.25) is 20.2 Å². The maximum Gasteiger partial charge on any atom is 0.412 e. The molecule has 4 N–H and O–H groups in total. The van der Waals surface area contributed by atoms with Gasteiger partial charge in [-0.2, -0.15) is 0 Å². The third-order valence-electron chi connectivity index (χ3n) is 8.05. The Morgan fingerprint density at radius 3 is 2.77 bits per heavy atom. The maximum absolute atomic E-state index is 15.3. The first-order valence-electron chi connectivity index (χ1n) is 13.9. The van der Waals surface area contributed by atoms with Gasteiger partial charge in [0.1, 0.15) is 16.7 Å². The summed E-state index contributed by atoms with van der Waals surface area (Å²) >= 11 is 12.7. The summed E-state index contributed by atoms with van der Waals surface area (Å²) in [7, 11) is 1.24. The monoisotopic (exact) mass is 644 g/mol. The Bertz CT molecular complexity index is 1700. The average Bonchev–Trinajstić information content (AvgIpc) is 3.57. The number of fused-ring (bicyclic) bond motifs is 6. The maximum atomic E-state index is 15.3.